The maximum Gasteiger partial charge on any atom is 0.326 e. The summed E-state index contributed by atoms with van der Waals surface area (Å²) in [7, 11) is 0. The summed E-state index contributed by atoms with van der Waals surface area (Å²) in [4.78, 5) is 33.4. The highest BCUT2D eigenvalue weighted by atomic mass is 16.4. The number of hydrogen-bond donors (Lipinski definition) is 3. The molecule has 0 aliphatic heterocycles. The molecule has 7 heteroatoms. The third-order valence-corrected chi connectivity index (χ3v) is 2.77. The van der Waals surface area contributed by atoms with Gasteiger partial charge in [0.2, 0.25) is 0 Å². The number of carboxylic acids is 2. The van der Waals surface area contributed by atoms with E-state index in [1.807, 2.05) is 0 Å². The molecular formula is C13H17NO6. The van der Waals surface area contributed by atoms with Gasteiger partial charge in [-0.3, -0.25) is 9.59 Å². The first kappa shape index (κ1) is 15.7. The van der Waals surface area contributed by atoms with E-state index in [2.05, 4.69) is 5.32 Å². The molecule has 0 aliphatic carbocycles. The summed E-state index contributed by atoms with van der Waals surface area (Å²) in [6.07, 6.45) is 0.0999. The molecule has 0 fully saturated rings. The second kappa shape index (κ2) is 6.74. The first-order valence-corrected chi connectivity index (χ1v) is 6.13. The lowest BCUT2D eigenvalue weighted by Crippen LogP contribution is -2.40. The van der Waals surface area contributed by atoms with Crippen LogP contribution in [-0.2, 0) is 9.59 Å². The lowest BCUT2D eigenvalue weighted by atomic mass is 10.1. The van der Waals surface area contributed by atoms with Gasteiger partial charge in [-0.25, -0.2) is 4.79 Å². The predicted molar refractivity (Wildman–Crippen MR) is 68.6 cm³/mol. The Morgan fingerprint density at radius 3 is 2.40 bits per heavy atom. The number of aryl methyl sites for hydroxylation is 2. The fourth-order valence-corrected chi connectivity index (χ4v) is 1.81. The Labute approximate surface area is 115 Å². The molecule has 7 nitrogen and oxygen atoms in total. The largest absolute Gasteiger partial charge is 0.481 e. The van der Waals surface area contributed by atoms with E-state index in [0.717, 1.165) is 0 Å². The van der Waals surface area contributed by atoms with Crippen LogP contribution in [0.4, 0.5) is 0 Å². The van der Waals surface area contributed by atoms with Gasteiger partial charge in [-0.2, -0.15) is 0 Å². The summed E-state index contributed by atoms with van der Waals surface area (Å²) < 4.78 is 5.20. The molecule has 0 saturated heterocycles. The van der Waals surface area contributed by atoms with Crippen LogP contribution in [0, 0.1) is 13.8 Å². The lowest BCUT2D eigenvalue weighted by Gasteiger charge is -2.13. The molecule has 1 heterocycles. The number of carbonyl (C=O) groups excluding carboxylic acids is 1. The van der Waals surface area contributed by atoms with Crippen molar-refractivity contribution in [3.05, 3.63) is 23.2 Å². The van der Waals surface area contributed by atoms with E-state index >= 15 is 0 Å². The highest BCUT2D eigenvalue weighted by Gasteiger charge is 2.22. The van der Waals surface area contributed by atoms with E-state index in [9.17, 15) is 14.4 Å². The van der Waals surface area contributed by atoms with Crippen LogP contribution >= 0.6 is 0 Å². The van der Waals surface area contributed by atoms with Crippen LogP contribution in [0.25, 0.3) is 0 Å². The van der Waals surface area contributed by atoms with E-state index in [4.69, 9.17) is 14.6 Å². The van der Waals surface area contributed by atoms with Gasteiger partial charge in [-0.15, -0.1) is 0 Å². The number of amides is 1. The van der Waals surface area contributed by atoms with Gasteiger partial charge < -0.3 is 19.9 Å². The van der Waals surface area contributed by atoms with Crippen LogP contribution in [0.5, 0.6) is 0 Å². The molecule has 0 spiro atoms. The normalized spacial score (nSPS) is 11.9. The molecule has 1 rings (SSSR count). The summed E-state index contributed by atoms with van der Waals surface area (Å²) in [5.41, 5.74) is 0.284. The van der Waals surface area contributed by atoms with Gasteiger partial charge >= 0.3 is 11.9 Å². The van der Waals surface area contributed by atoms with Crippen LogP contribution in [0.15, 0.2) is 10.5 Å². The number of carbonyl (C=O) groups is 3. The molecule has 1 aromatic rings. The smallest absolute Gasteiger partial charge is 0.326 e. The van der Waals surface area contributed by atoms with Crippen LogP contribution in [-0.4, -0.2) is 34.1 Å². The van der Waals surface area contributed by atoms with Crippen LogP contribution < -0.4 is 5.32 Å². The number of nitrogens with one attached hydrogen (secondary N) is 1. The summed E-state index contributed by atoms with van der Waals surface area (Å²) in [5.74, 6) is -1.76. The van der Waals surface area contributed by atoms with E-state index in [1.165, 1.54) is 6.07 Å². The van der Waals surface area contributed by atoms with Gasteiger partial charge in [-0.1, -0.05) is 0 Å². The van der Waals surface area contributed by atoms with Crippen molar-refractivity contribution in [1.29, 1.82) is 0 Å². The van der Waals surface area contributed by atoms with Crippen LogP contribution in [0.3, 0.4) is 0 Å². The molecule has 0 radical (unpaired) electrons. The van der Waals surface area contributed by atoms with Gasteiger partial charge in [0.05, 0.1) is 5.56 Å². The van der Waals surface area contributed by atoms with E-state index in [1.54, 1.807) is 13.8 Å². The molecule has 0 unspecified atom stereocenters. The monoisotopic (exact) mass is 283 g/mol. The molecule has 1 amide bonds. The van der Waals surface area contributed by atoms with Gasteiger partial charge in [0.15, 0.2) is 0 Å². The first-order valence-electron chi connectivity index (χ1n) is 6.13. The van der Waals surface area contributed by atoms with Gasteiger partial charge in [-0.05, 0) is 32.8 Å². The number of furan rings is 1. The zero-order valence-corrected chi connectivity index (χ0v) is 11.3. The third kappa shape index (κ3) is 4.42. The SMILES string of the molecule is Cc1cc(C(=O)N[C@H](CCCC(=O)O)C(=O)O)c(C)o1. The zero-order valence-electron chi connectivity index (χ0n) is 11.3. The molecule has 0 aromatic carbocycles. The fourth-order valence-electron chi connectivity index (χ4n) is 1.81. The third-order valence-electron chi connectivity index (χ3n) is 2.77. The first-order chi connectivity index (χ1) is 9.31. The maximum absolute atomic E-state index is 11.9. The van der Waals surface area contributed by atoms with Crippen LogP contribution in [0.1, 0.15) is 41.1 Å². The molecular weight excluding hydrogens is 266 g/mol. The van der Waals surface area contributed by atoms with Crippen LogP contribution in [0.2, 0.25) is 0 Å². The van der Waals surface area contributed by atoms with E-state index in [0.29, 0.717) is 11.5 Å². The summed E-state index contributed by atoms with van der Waals surface area (Å²) in [5, 5.41) is 19.9. The minimum Gasteiger partial charge on any atom is -0.481 e. The topological polar surface area (TPSA) is 117 Å². The average Bonchev–Trinajstić information content (AvgIpc) is 2.66. The van der Waals surface area contributed by atoms with Crippen molar-refractivity contribution in [1.82, 2.24) is 5.32 Å². The zero-order chi connectivity index (χ0) is 15.3. The number of carboxylic acid groups (broad SMARTS) is 2. The predicted octanol–water partition coefficient (Wildman–Crippen LogP) is 1.33. The average molecular weight is 283 g/mol. The minimum atomic E-state index is -1.19. The molecule has 110 valence electrons. The Balaban J connectivity index is 2.66. The Morgan fingerprint density at radius 2 is 1.95 bits per heavy atom. The van der Waals surface area contributed by atoms with Gasteiger partial charge in [0.25, 0.3) is 5.91 Å². The van der Waals surface area contributed by atoms with Crippen molar-refractivity contribution >= 4 is 17.8 Å². The molecule has 3 N–H and O–H groups in total. The maximum atomic E-state index is 11.9. The van der Waals surface area contributed by atoms with E-state index in [-0.39, 0.29) is 24.8 Å². The Bertz CT molecular complexity index is 519. The van der Waals surface area contributed by atoms with E-state index < -0.39 is 23.9 Å². The molecule has 20 heavy (non-hydrogen) atoms. The highest BCUT2D eigenvalue weighted by molar-refractivity contribution is 5.97. The fraction of sp³-hybridized carbons (Fsp3) is 0.462. The molecule has 1 atom stereocenters. The number of rotatable bonds is 7. The Kier molecular flexibility index (Phi) is 5.31. The molecule has 0 bridgehead atoms. The van der Waals surface area contributed by atoms with Crippen molar-refractivity contribution in [3.63, 3.8) is 0 Å². The van der Waals surface area contributed by atoms with Gasteiger partial charge in [0.1, 0.15) is 17.6 Å². The molecule has 0 aliphatic rings. The number of aliphatic carboxylic acids is 2. The second-order valence-electron chi connectivity index (χ2n) is 4.48. The highest BCUT2D eigenvalue weighted by Crippen LogP contribution is 2.14. The second-order valence-corrected chi connectivity index (χ2v) is 4.48. The van der Waals surface area contributed by atoms with Crippen molar-refractivity contribution in [2.75, 3.05) is 0 Å². The molecule has 1 aromatic heterocycles. The Morgan fingerprint density at radius 1 is 1.30 bits per heavy atom. The number of hydrogen-bond acceptors (Lipinski definition) is 4. The lowest BCUT2D eigenvalue weighted by molar-refractivity contribution is -0.140. The Hall–Kier alpha value is -2.31. The summed E-state index contributed by atoms with van der Waals surface area (Å²) >= 11 is 0. The minimum absolute atomic E-state index is 0.0588. The quantitative estimate of drug-likeness (QED) is 0.695. The summed E-state index contributed by atoms with van der Waals surface area (Å²) in [6.45, 7) is 3.30. The van der Waals surface area contributed by atoms with Crippen molar-refractivity contribution in [2.45, 2.75) is 39.2 Å². The van der Waals surface area contributed by atoms with Crippen molar-refractivity contribution in [3.8, 4) is 0 Å². The van der Waals surface area contributed by atoms with Crippen molar-refractivity contribution < 1.29 is 29.0 Å². The molecule has 0 saturated carbocycles. The standard InChI is InChI=1S/C13H17NO6/c1-7-6-9(8(2)20-7)12(17)14-10(13(18)19)4-3-5-11(15)16/h6,10H,3-5H2,1-2H3,(H,14,17)(H,15,16)(H,18,19)/t10-/m1/s1. The summed E-state index contributed by atoms with van der Waals surface area (Å²) in [6, 6.07) is 0.414. The van der Waals surface area contributed by atoms with Crippen molar-refractivity contribution in [2.24, 2.45) is 0 Å². The van der Waals surface area contributed by atoms with Gasteiger partial charge in [0, 0.05) is 6.42 Å².